The molecule has 4 nitrogen and oxygen atoms in total. The molecule has 1 saturated heterocycles. The van der Waals surface area contributed by atoms with Crippen molar-refractivity contribution >= 4 is 24.8 Å². The zero-order chi connectivity index (χ0) is 10.5. The van der Waals surface area contributed by atoms with Crippen LogP contribution in [-0.2, 0) is 17.8 Å². The fourth-order valence-electron chi connectivity index (χ4n) is 2.02. The van der Waals surface area contributed by atoms with E-state index in [1.807, 2.05) is 17.9 Å². The van der Waals surface area contributed by atoms with Gasteiger partial charge >= 0.3 is 0 Å². The second kappa shape index (κ2) is 8.75. The molecule has 0 spiro atoms. The van der Waals surface area contributed by atoms with Gasteiger partial charge in [0, 0.05) is 37.4 Å². The minimum Gasteiger partial charge on any atom is -0.381 e. The molecule has 1 N–H and O–H groups in total. The molecule has 0 bridgehead atoms. The maximum atomic E-state index is 5.46. The summed E-state index contributed by atoms with van der Waals surface area (Å²) in [5, 5.41) is 7.47. The topological polar surface area (TPSA) is 39.1 Å². The van der Waals surface area contributed by atoms with Gasteiger partial charge in [-0.15, -0.1) is 24.8 Å². The zero-order valence-electron chi connectivity index (χ0n) is 10.1. The molecule has 100 valence electrons. The Morgan fingerprint density at radius 2 is 2.35 bits per heavy atom. The minimum absolute atomic E-state index is 0. The lowest BCUT2D eigenvalue weighted by Gasteiger charge is -2.21. The van der Waals surface area contributed by atoms with Crippen LogP contribution in [0.2, 0.25) is 0 Å². The van der Waals surface area contributed by atoms with Crippen LogP contribution in [0, 0.1) is 5.92 Å². The van der Waals surface area contributed by atoms with Crippen molar-refractivity contribution in [3.05, 3.63) is 18.0 Å². The van der Waals surface area contributed by atoms with E-state index in [1.165, 1.54) is 18.4 Å². The van der Waals surface area contributed by atoms with Crippen molar-refractivity contribution in [2.45, 2.75) is 25.9 Å². The Balaban J connectivity index is 0.00000128. The fourth-order valence-corrected chi connectivity index (χ4v) is 2.02. The number of nitrogens with one attached hydrogen (secondary N) is 1. The van der Waals surface area contributed by atoms with Crippen molar-refractivity contribution in [3.8, 4) is 0 Å². The third kappa shape index (κ3) is 5.25. The maximum absolute atomic E-state index is 5.46. The molecule has 0 saturated carbocycles. The SMILES string of the molecule is CNCc1cnn(CC2CCCOC2)c1.Cl.Cl. The normalized spacial score (nSPS) is 19.2. The van der Waals surface area contributed by atoms with E-state index < -0.39 is 0 Å². The first kappa shape index (κ1) is 16.7. The summed E-state index contributed by atoms with van der Waals surface area (Å²) in [6.45, 7) is 3.70. The highest BCUT2D eigenvalue weighted by Gasteiger charge is 2.14. The van der Waals surface area contributed by atoms with Crippen LogP contribution in [-0.4, -0.2) is 30.0 Å². The van der Waals surface area contributed by atoms with E-state index in [2.05, 4.69) is 16.6 Å². The van der Waals surface area contributed by atoms with Crippen LogP contribution in [0.15, 0.2) is 12.4 Å². The first-order valence-corrected chi connectivity index (χ1v) is 5.62. The Hall–Kier alpha value is -0.290. The molecule has 1 aliphatic rings. The van der Waals surface area contributed by atoms with Crippen LogP contribution in [0.4, 0.5) is 0 Å². The van der Waals surface area contributed by atoms with Crippen molar-refractivity contribution in [3.63, 3.8) is 0 Å². The monoisotopic (exact) mass is 281 g/mol. The minimum atomic E-state index is 0. The Morgan fingerprint density at radius 1 is 1.53 bits per heavy atom. The van der Waals surface area contributed by atoms with Crippen LogP contribution in [0.3, 0.4) is 0 Å². The summed E-state index contributed by atoms with van der Waals surface area (Å²) in [5.41, 5.74) is 1.24. The van der Waals surface area contributed by atoms with Gasteiger partial charge in [0.15, 0.2) is 0 Å². The highest BCUT2D eigenvalue weighted by molar-refractivity contribution is 5.85. The van der Waals surface area contributed by atoms with Crippen molar-refractivity contribution in [2.75, 3.05) is 20.3 Å². The summed E-state index contributed by atoms with van der Waals surface area (Å²) in [7, 11) is 1.95. The largest absolute Gasteiger partial charge is 0.381 e. The zero-order valence-corrected chi connectivity index (χ0v) is 11.7. The Morgan fingerprint density at radius 3 is 3.00 bits per heavy atom. The summed E-state index contributed by atoms with van der Waals surface area (Å²) in [5.74, 6) is 0.640. The van der Waals surface area contributed by atoms with E-state index in [1.54, 1.807) is 0 Å². The second-order valence-corrected chi connectivity index (χ2v) is 4.18. The van der Waals surface area contributed by atoms with Gasteiger partial charge in [-0.2, -0.15) is 5.10 Å². The number of halogens is 2. The first-order chi connectivity index (χ1) is 7.38. The summed E-state index contributed by atoms with van der Waals surface area (Å²) in [4.78, 5) is 0. The Bertz CT molecular complexity index is 301. The summed E-state index contributed by atoms with van der Waals surface area (Å²) < 4.78 is 7.49. The van der Waals surface area contributed by atoms with Gasteiger partial charge in [0.1, 0.15) is 0 Å². The van der Waals surface area contributed by atoms with E-state index >= 15 is 0 Å². The van der Waals surface area contributed by atoms with Crippen molar-refractivity contribution in [1.29, 1.82) is 0 Å². The fraction of sp³-hybridized carbons (Fsp3) is 0.727. The molecule has 17 heavy (non-hydrogen) atoms. The lowest BCUT2D eigenvalue weighted by Crippen LogP contribution is -2.22. The van der Waals surface area contributed by atoms with E-state index in [0.29, 0.717) is 5.92 Å². The van der Waals surface area contributed by atoms with Crippen LogP contribution in [0.1, 0.15) is 18.4 Å². The van der Waals surface area contributed by atoms with Crippen LogP contribution in [0.5, 0.6) is 0 Å². The number of rotatable bonds is 4. The maximum Gasteiger partial charge on any atom is 0.0534 e. The number of aromatic nitrogens is 2. The second-order valence-electron chi connectivity index (χ2n) is 4.18. The molecule has 2 heterocycles. The molecule has 1 aromatic rings. The molecule has 1 aromatic heterocycles. The Labute approximate surface area is 115 Å². The average Bonchev–Trinajstić information content (AvgIpc) is 2.68. The highest BCUT2D eigenvalue weighted by Crippen LogP contribution is 2.15. The van der Waals surface area contributed by atoms with E-state index in [0.717, 1.165) is 26.3 Å². The molecule has 0 aromatic carbocycles. The van der Waals surface area contributed by atoms with E-state index in [9.17, 15) is 0 Å². The average molecular weight is 282 g/mol. The van der Waals surface area contributed by atoms with Gasteiger partial charge in [-0.3, -0.25) is 4.68 Å². The molecule has 2 rings (SSSR count). The molecule has 1 aliphatic heterocycles. The van der Waals surface area contributed by atoms with E-state index in [4.69, 9.17) is 4.74 Å². The van der Waals surface area contributed by atoms with Gasteiger partial charge in [-0.1, -0.05) is 0 Å². The summed E-state index contributed by atoms with van der Waals surface area (Å²) in [6, 6.07) is 0. The molecule has 6 heteroatoms. The lowest BCUT2D eigenvalue weighted by molar-refractivity contribution is 0.0470. The van der Waals surface area contributed by atoms with Gasteiger partial charge in [0.05, 0.1) is 12.8 Å². The predicted molar refractivity (Wildman–Crippen MR) is 73.0 cm³/mol. The van der Waals surface area contributed by atoms with Gasteiger partial charge < -0.3 is 10.1 Å². The van der Waals surface area contributed by atoms with Crippen LogP contribution in [0.25, 0.3) is 0 Å². The van der Waals surface area contributed by atoms with Crippen molar-refractivity contribution in [2.24, 2.45) is 5.92 Å². The Kier molecular flexibility index (Phi) is 8.60. The van der Waals surface area contributed by atoms with Gasteiger partial charge in [-0.25, -0.2) is 0 Å². The number of hydrogen-bond acceptors (Lipinski definition) is 3. The molecule has 0 radical (unpaired) electrons. The summed E-state index contributed by atoms with van der Waals surface area (Å²) in [6.07, 6.45) is 6.50. The lowest BCUT2D eigenvalue weighted by atomic mass is 10.0. The number of nitrogens with zero attached hydrogens (tertiary/aromatic N) is 2. The number of hydrogen-bond donors (Lipinski definition) is 1. The summed E-state index contributed by atoms with van der Waals surface area (Å²) >= 11 is 0. The number of ether oxygens (including phenoxy) is 1. The molecule has 1 fully saturated rings. The van der Waals surface area contributed by atoms with Crippen molar-refractivity contribution < 1.29 is 4.74 Å². The third-order valence-electron chi connectivity index (χ3n) is 2.77. The predicted octanol–water partition coefficient (Wildman–Crippen LogP) is 1.87. The smallest absolute Gasteiger partial charge is 0.0534 e. The van der Waals surface area contributed by atoms with Crippen LogP contribution >= 0.6 is 24.8 Å². The van der Waals surface area contributed by atoms with Gasteiger partial charge in [0.25, 0.3) is 0 Å². The molecule has 0 aliphatic carbocycles. The molecule has 0 amide bonds. The molecular formula is C11H21Cl2N3O. The quantitative estimate of drug-likeness (QED) is 0.916. The van der Waals surface area contributed by atoms with E-state index in [-0.39, 0.29) is 24.8 Å². The first-order valence-electron chi connectivity index (χ1n) is 5.62. The molecule has 1 atom stereocenters. The molecule has 1 unspecified atom stereocenters. The molecular weight excluding hydrogens is 261 g/mol. The third-order valence-corrected chi connectivity index (χ3v) is 2.77. The van der Waals surface area contributed by atoms with Gasteiger partial charge in [-0.05, 0) is 19.9 Å². The van der Waals surface area contributed by atoms with Crippen molar-refractivity contribution in [1.82, 2.24) is 15.1 Å². The standard InChI is InChI=1S/C11H19N3O.2ClH/c1-12-5-11-6-13-14(8-11)7-10-3-2-4-15-9-10;;/h6,8,10,12H,2-5,7,9H2,1H3;2*1H. The van der Waals surface area contributed by atoms with Crippen LogP contribution < -0.4 is 5.32 Å². The highest BCUT2D eigenvalue weighted by atomic mass is 35.5. The van der Waals surface area contributed by atoms with Gasteiger partial charge in [0.2, 0.25) is 0 Å².